The van der Waals surface area contributed by atoms with Crippen LogP contribution < -0.4 is 14.6 Å². The molecule has 106 valence electrons. The Morgan fingerprint density at radius 2 is 2.05 bits per heavy atom. The molecule has 0 saturated heterocycles. The van der Waals surface area contributed by atoms with Gasteiger partial charge >= 0.3 is 0 Å². The number of hydrogen-bond acceptors (Lipinski definition) is 7. The number of aromatic nitrogens is 2. The molecule has 20 heavy (non-hydrogen) atoms. The summed E-state index contributed by atoms with van der Waals surface area (Å²) in [5.41, 5.74) is 0.686. The Morgan fingerprint density at radius 3 is 2.70 bits per heavy atom. The molecule has 2 rings (SSSR count). The van der Waals surface area contributed by atoms with Crippen LogP contribution in [0.25, 0.3) is 11.4 Å². The molecule has 1 aromatic carbocycles. The third kappa shape index (κ3) is 3.05. The number of rotatable bonds is 6. The highest BCUT2D eigenvalue weighted by Crippen LogP contribution is 2.31. The topological polar surface area (TPSA) is 97.5 Å². The highest BCUT2D eigenvalue weighted by molar-refractivity contribution is 5.64. The molecule has 0 aliphatic rings. The molecule has 0 N–H and O–H groups in total. The average molecular weight is 277 g/mol. The third-order valence-electron chi connectivity index (χ3n) is 2.65. The van der Waals surface area contributed by atoms with Crippen LogP contribution in [0.3, 0.4) is 0 Å². The molecule has 0 bridgehead atoms. The van der Waals surface area contributed by atoms with Crippen molar-refractivity contribution in [2.75, 3.05) is 14.2 Å². The van der Waals surface area contributed by atoms with Crippen LogP contribution in [0.4, 0.5) is 0 Å². The highest BCUT2D eigenvalue weighted by Gasteiger charge is 2.11. The molecule has 0 aliphatic heterocycles. The second kappa shape index (κ2) is 6.05. The van der Waals surface area contributed by atoms with Gasteiger partial charge in [0.05, 0.1) is 14.2 Å². The number of carbonyl (C=O) groups excluding carboxylic acids is 1. The average Bonchev–Trinajstić information content (AvgIpc) is 2.93. The zero-order chi connectivity index (χ0) is 14.5. The van der Waals surface area contributed by atoms with E-state index in [0.29, 0.717) is 22.9 Å². The van der Waals surface area contributed by atoms with E-state index in [1.54, 1.807) is 25.3 Å². The summed E-state index contributed by atoms with van der Waals surface area (Å²) in [6.45, 7) is 0. The summed E-state index contributed by atoms with van der Waals surface area (Å²) < 4.78 is 15.3. The summed E-state index contributed by atoms with van der Waals surface area (Å²) in [5, 5.41) is 14.2. The smallest absolute Gasteiger partial charge is 0.227 e. The van der Waals surface area contributed by atoms with Crippen LogP contribution >= 0.6 is 0 Å². The van der Waals surface area contributed by atoms with Crippen molar-refractivity contribution in [2.24, 2.45) is 0 Å². The molecule has 7 nitrogen and oxygen atoms in total. The van der Waals surface area contributed by atoms with Crippen molar-refractivity contribution in [1.82, 2.24) is 10.1 Å². The van der Waals surface area contributed by atoms with Gasteiger partial charge in [0.15, 0.2) is 11.5 Å². The SMILES string of the molecule is COc1ccc(-c2noc(CCC(=O)[O-])n2)cc1OC. The van der Waals surface area contributed by atoms with E-state index in [9.17, 15) is 9.90 Å². The summed E-state index contributed by atoms with van der Waals surface area (Å²) in [6, 6.07) is 5.20. The zero-order valence-electron chi connectivity index (χ0n) is 11.1. The van der Waals surface area contributed by atoms with Gasteiger partial charge in [-0.25, -0.2) is 0 Å². The van der Waals surface area contributed by atoms with E-state index >= 15 is 0 Å². The van der Waals surface area contributed by atoms with Crippen LogP contribution in [0.2, 0.25) is 0 Å². The van der Waals surface area contributed by atoms with Crippen LogP contribution in [-0.4, -0.2) is 30.3 Å². The minimum Gasteiger partial charge on any atom is -0.550 e. The Labute approximate surface area is 115 Å². The van der Waals surface area contributed by atoms with Crippen LogP contribution in [0.5, 0.6) is 11.5 Å². The maximum Gasteiger partial charge on any atom is 0.227 e. The Bertz CT molecular complexity index is 609. The Morgan fingerprint density at radius 1 is 1.30 bits per heavy atom. The lowest BCUT2D eigenvalue weighted by Gasteiger charge is -2.07. The van der Waals surface area contributed by atoms with Gasteiger partial charge in [-0.05, 0) is 24.6 Å². The van der Waals surface area contributed by atoms with Gasteiger partial charge in [0, 0.05) is 18.0 Å². The lowest BCUT2D eigenvalue weighted by Crippen LogP contribution is -2.22. The molecule has 7 heteroatoms. The molecule has 2 aromatic rings. The summed E-state index contributed by atoms with van der Waals surface area (Å²) in [7, 11) is 3.08. The minimum absolute atomic E-state index is 0.141. The molecule has 0 aliphatic carbocycles. The third-order valence-corrected chi connectivity index (χ3v) is 2.65. The van der Waals surface area contributed by atoms with Crippen molar-refractivity contribution in [3.8, 4) is 22.9 Å². The molecule has 0 radical (unpaired) electrons. The van der Waals surface area contributed by atoms with Gasteiger partial charge in [0.1, 0.15) is 0 Å². The lowest BCUT2D eigenvalue weighted by molar-refractivity contribution is -0.305. The molecule has 0 unspecified atom stereocenters. The molecule has 0 fully saturated rings. The molecule has 0 amide bonds. The first-order valence-corrected chi connectivity index (χ1v) is 5.89. The first kappa shape index (κ1) is 13.9. The van der Waals surface area contributed by atoms with E-state index in [1.807, 2.05) is 0 Å². The van der Waals surface area contributed by atoms with Crippen molar-refractivity contribution < 1.29 is 23.9 Å². The van der Waals surface area contributed by atoms with E-state index in [1.165, 1.54) is 7.11 Å². The predicted molar refractivity (Wildman–Crippen MR) is 66.2 cm³/mol. The minimum atomic E-state index is -1.16. The number of hydrogen-bond donors (Lipinski definition) is 0. The largest absolute Gasteiger partial charge is 0.550 e. The maximum absolute atomic E-state index is 10.4. The summed E-state index contributed by atoms with van der Waals surface area (Å²) in [4.78, 5) is 14.5. The van der Waals surface area contributed by atoms with E-state index in [2.05, 4.69) is 10.1 Å². The molecule has 0 atom stereocenters. The number of aliphatic carboxylic acids is 1. The van der Waals surface area contributed by atoms with E-state index in [-0.39, 0.29) is 18.7 Å². The quantitative estimate of drug-likeness (QED) is 0.755. The summed E-state index contributed by atoms with van der Waals surface area (Å²) >= 11 is 0. The number of carbonyl (C=O) groups is 1. The number of methoxy groups -OCH3 is 2. The van der Waals surface area contributed by atoms with Crippen LogP contribution in [-0.2, 0) is 11.2 Å². The van der Waals surface area contributed by atoms with Gasteiger partial charge in [-0.2, -0.15) is 4.98 Å². The van der Waals surface area contributed by atoms with Crippen LogP contribution in [0.15, 0.2) is 22.7 Å². The van der Waals surface area contributed by atoms with Crippen molar-refractivity contribution in [2.45, 2.75) is 12.8 Å². The number of carboxylic acid groups (broad SMARTS) is 1. The van der Waals surface area contributed by atoms with Crippen molar-refractivity contribution in [3.05, 3.63) is 24.1 Å². The normalized spacial score (nSPS) is 10.3. The second-order valence-electron chi connectivity index (χ2n) is 3.95. The second-order valence-corrected chi connectivity index (χ2v) is 3.95. The molecule has 0 spiro atoms. The van der Waals surface area contributed by atoms with Gasteiger partial charge in [-0.15, -0.1) is 0 Å². The first-order valence-electron chi connectivity index (χ1n) is 5.89. The van der Waals surface area contributed by atoms with Gasteiger partial charge in [0.2, 0.25) is 11.7 Å². The fourth-order valence-electron chi connectivity index (χ4n) is 1.66. The Kier molecular flexibility index (Phi) is 4.19. The van der Waals surface area contributed by atoms with Crippen molar-refractivity contribution >= 4 is 5.97 Å². The van der Waals surface area contributed by atoms with Crippen molar-refractivity contribution in [1.29, 1.82) is 0 Å². The van der Waals surface area contributed by atoms with E-state index in [4.69, 9.17) is 14.0 Å². The van der Waals surface area contributed by atoms with E-state index < -0.39 is 5.97 Å². The van der Waals surface area contributed by atoms with Crippen molar-refractivity contribution in [3.63, 3.8) is 0 Å². The number of nitrogens with zero attached hydrogens (tertiary/aromatic N) is 2. The Hall–Kier alpha value is -2.57. The van der Waals surface area contributed by atoms with Gasteiger partial charge in [-0.1, -0.05) is 5.16 Å². The fraction of sp³-hybridized carbons (Fsp3) is 0.308. The number of aryl methyl sites for hydroxylation is 1. The molecule has 1 aromatic heterocycles. The van der Waals surface area contributed by atoms with Crippen LogP contribution in [0.1, 0.15) is 12.3 Å². The van der Waals surface area contributed by atoms with Crippen LogP contribution in [0, 0.1) is 0 Å². The predicted octanol–water partition coefficient (Wildman–Crippen LogP) is 0.436. The maximum atomic E-state index is 10.4. The fourth-order valence-corrected chi connectivity index (χ4v) is 1.66. The monoisotopic (exact) mass is 277 g/mol. The number of benzene rings is 1. The summed E-state index contributed by atoms with van der Waals surface area (Å²) in [5.74, 6) is 0.595. The summed E-state index contributed by atoms with van der Waals surface area (Å²) in [6.07, 6.45) is -0.0177. The molecule has 1 heterocycles. The molecular weight excluding hydrogens is 264 g/mol. The first-order chi connectivity index (χ1) is 9.63. The van der Waals surface area contributed by atoms with E-state index in [0.717, 1.165) is 0 Å². The zero-order valence-corrected chi connectivity index (χ0v) is 11.1. The Balaban J connectivity index is 2.21. The van der Waals surface area contributed by atoms with Gasteiger partial charge in [-0.3, -0.25) is 0 Å². The molecular formula is C13H13N2O5-. The highest BCUT2D eigenvalue weighted by atomic mass is 16.5. The standard InChI is InChI=1S/C13H14N2O5/c1-18-9-4-3-8(7-10(9)19-2)13-14-11(20-15-13)5-6-12(16)17/h3-4,7H,5-6H2,1-2H3,(H,16,17)/p-1. The number of carboxylic acids is 1. The van der Waals surface area contributed by atoms with Gasteiger partial charge < -0.3 is 23.9 Å². The number of ether oxygens (including phenoxy) is 2. The van der Waals surface area contributed by atoms with Gasteiger partial charge in [0.25, 0.3) is 0 Å². The lowest BCUT2D eigenvalue weighted by atomic mass is 10.2. The molecule has 0 saturated carbocycles.